The van der Waals surface area contributed by atoms with Crippen molar-refractivity contribution in [2.75, 3.05) is 13.2 Å². The number of carbonyl (C=O) groups excluding carboxylic acids is 1. The van der Waals surface area contributed by atoms with Crippen molar-refractivity contribution < 1.29 is 24.2 Å². The number of nitrogens with zero attached hydrogens (tertiary/aromatic N) is 1. The minimum absolute atomic E-state index is 0.329. The lowest BCUT2D eigenvalue weighted by atomic mass is 10.2. The van der Waals surface area contributed by atoms with Crippen molar-refractivity contribution in [1.29, 1.82) is 0 Å². The van der Waals surface area contributed by atoms with Crippen LogP contribution in [0.4, 0.5) is 0 Å². The number of carboxylic acids is 1. The Balaban J connectivity index is 1.85. The van der Waals surface area contributed by atoms with Crippen molar-refractivity contribution in [1.82, 2.24) is 5.43 Å². The summed E-state index contributed by atoms with van der Waals surface area (Å²) in [4.78, 5) is 22.5. The molecule has 0 fully saturated rings. The summed E-state index contributed by atoms with van der Waals surface area (Å²) in [5, 5.41) is 12.5. The van der Waals surface area contributed by atoms with Crippen molar-refractivity contribution in [3.05, 3.63) is 59.7 Å². The first-order chi connectivity index (χ1) is 12.6. The molecule has 0 heterocycles. The second-order valence-electron chi connectivity index (χ2n) is 5.32. The van der Waals surface area contributed by atoms with Gasteiger partial charge in [-0.15, -0.1) is 0 Å². The molecule has 0 spiro atoms. The van der Waals surface area contributed by atoms with Gasteiger partial charge < -0.3 is 14.6 Å². The van der Waals surface area contributed by atoms with E-state index in [1.54, 1.807) is 48.5 Å². The van der Waals surface area contributed by atoms with Crippen molar-refractivity contribution in [2.24, 2.45) is 5.10 Å². The maximum atomic E-state index is 12.0. The van der Waals surface area contributed by atoms with Crippen LogP contribution in [-0.2, 0) is 4.79 Å². The van der Waals surface area contributed by atoms with Crippen LogP contribution in [0.3, 0.4) is 0 Å². The van der Waals surface area contributed by atoms with Crippen LogP contribution in [-0.4, -0.2) is 36.4 Å². The summed E-state index contributed by atoms with van der Waals surface area (Å²) in [5.41, 5.74) is 3.65. The predicted octanol–water partition coefficient (Wildman–Crippen LogP) is 2.70. The lowest BCUT2D eigenvalue weighted by molar-refractivity contribution is -0.139. The van der Waals surface area contributed by atoms with Crippen molar-refractivity contribution >= 4 is 18.1 Å². The van der Waals surface area contributed by atoms with Crippen LogP contribution in [0, 0.1) is 0 Å². The van der Waals surface area contributed by atoms with Gasteiger partial charge in [0.25, 0.3) is 5.91 Å². The number of hydrogen-bond acceptors (Lipinski definition) is 5. The van der Waals surface area contributed by atoms with Crippen LogP contribution >= 0.6 is 0 Å². The van der Waals surface area contributed by atoms with E-state index in [0.717, 1.165) is 17.7 Å². The van der Waals surface area contributed by atoms with Gasteiger partial charge in [-0.25, -0.2) is 10.2 Å². The Morgan fingerprint density at radius 3 is 2.27 bits per heavy atom. The standard InChI is InChI=1S/C19H20N2O5/c1-2-11-25-16-9-5-15(6-10-16)19(24)21-20-12-14-3-7-17(8-4-14)26-13-18(22)23/h3-10,12H,2,11,13H2,1H3,(H,21,24)(H,22,23). The largest absolute Gasteiger partial charge is 0.494 e. The van der Waals surface area contributed by atoms with Gasteiger partial charge in [-0.3, -0.25) is 4.79 Å². The Kier molecular flexibility index (Phi) is 7.17. The number of nitrogens with one attached hydrogen (secondary N) is 1. The molecule has 0 aliphatic rings. The molecule has 7 heteroatoms. The maximum absolute atomic E-state index is 12.0. The maximum Gasteiger partial charge on any atom is 0.341 e. The van der Waals surface area contributed by atoms with Crippen molar-refractivity contribution in [3.63, 3.8) is 0 Å². The highest BCUT2D eigenvalue weighted by Gasteiger charge is 2.04. The van der Waals surface area contributed by atoms with E-state index in [1.165, 1.54) is 6.21 Å². The zero-order chi connectivity index (χ0) is 18.8. The van der Waals surface area contributed by atoms with Gasteiger partial charge in [0.05, 0.1) is 12.8 Å². The molecular weight excluding hydrogens is 336 g/mol. The van der Waals surface area contributed by atoms with Crippen LogP contribution in [0.1, 0.15) is 29.3 Å². The Morgan fingerprint density at radius 1 is 1.04 bits per heavy atom. The fourth-order valence-corrected chi connectivity index (χ4v) is 1.95. The summed E-state index contributed by atoms with van der Waals surface area (Å²) >= 11 is 0. The zero-order valence-electron chi connectivity index (χ0n) is 14.3. The second-order valence-corrected chi connectivity index (χ2v) is 5.32. The molecule has 0 saturated heterocycles. The summed E-state index contributed by atoms with van der Waals surface area (Å²) in [6, 6.07) is 13.5. The number of benzene rings is 2. The second kappa shape index (κ2) is 9.83. The molecule has 26 heavy (non-hydrogen) atoms. The van der Waals surface area contributed by atoms with Gasteiger partial charge in [-0.05, 0) is 60.5 Å². The number of rotatable bonds is 9. The first-order valence-corrected chi connectivity index (χ1v) is 8.09. The van der Waals surface area contributed by atoms with Gasteiger partial charge in [0.15, 0.2) is 6.61 Å². The summed E-state index contributed by atoms with van der Waals surface area (Å²) in [7, 11) is 0. The van der Waals surface area contributed by atoms with E-state index in [1.807, 2.05) is 6.92 Å². The summed E-state index contributed by atoms with van der Waals surface area (Å²) < 4.78 is 10.5. The average Bonchev–Trinajstić information content (AvgIpc) is 2.66. The summed E-state index contributed by atoms with van der Waals surface area (Å²) in [5.74, 6) is -0.205. The first-order valence-electron chi connectivity index (χ1n) is 8.09. The average molecular weight is 356 g/mol. The van der Waals surface area contributed by atoms with Crippen LogP contribution in [0.25, 0.3) is 0 Å². The van der Waals surface area contributed by atoms with Crippen molar-refractivity contribution in [2.45, 2.75) is 13.3 Å². The highest BCUT2D eigenvalue weighted by molar-refractivity contribution is 5.95. The molecule has 0 aliphatic carbocycles. The van der Waals surface area contributed by atoms with Gasteiger partial charge in [-0.1, -0.05) is 6.92 Å². The van der Waals surface area contributed by atoms with E-state index in [2.05, 4.69) is 10.5 Å². The monoisotopic (exact) mass is 356 g/mol. The molecule has 7 nitrogen and oxygen atoms in total. The van der Waals surface area contributed by atoms with Crippen LogP contribution < -0.4 is 14.9 Å². The number of ether oxygens (including phenoxy) is 2. The summed E-state index contributed by atoms with van der Waals surface area (Å²) in [6.45, 7) is 2.26. The molecule has 1 amide bonds. The van der Waals surface area contributed by atoms with Gasteiger partial charge in [0, 0.05) is 5.56 Å². The molecule has 2 rings (SSSR count). The van der Waals surface area contributed by atoms with Crippen molar-refractivity contribution in [3.8, 4) is 11.5 Å². The van der Waals surface area contributed by atoms with Crippen LogP contribution in [0.2, 0.25) is 0 Å². The quantitative estimate of drug-likeness (QED) is 0.532. The molecule has 0 atom stereocenters. The molecule has 0 unspecified atom stereocenters. The molecular formula is C19H20N2O5. The molecule has 2 N–H and O–H groups in total. The lowest BCUT2D eigenvalue weighted by Crippen LogP contribution is -2.17. The van der Waals surface area contributed by atoms with E-state index in [9.17, 15) is 9.59 Å². The number of hydrogen-bond donors (Lipinski definition) is 2. The highest BCUT2D eigenvalue weighted by Crippen LogP contribution is 2.13. The zero-order valence-corrected chi connectivity index (χ0v) is 14.3. The smallest absolute Gasteiger partial charge is 0.341 e. The Bertz CT molecular complexity index is 755. The van der Waals surface area contributed by atoms with Gasteiger partial charge in [0.1, 0.15) is 11.5 Å². The van der Waals surface area contributed by atoms with Gasteiger partial charge in [0.2, 0.25) is 0 Å². The van der Waals surface area contributed by atoms with E-state index in [0.29, 0.717) is 17.9 Å². The van der Waals surface area contributed by atoms with Crippen LogP contribution in [0.5, 0.6) is 11.5 Å². The Hall–Kier alpha value is -3.35. The molecule has 2 aromatic rings. The molecule has 2 aromatic carbocycles. The first kappa shape index (κ1) is 19.0. The molecule has 0 aromatic heterocycles. The molecule has 0 radical (unpaired) electrons. The number of amides is 1. The van der Waals surface area contributed by atoms with E-state index >= 15 is 0 Å². The third-order valence-corrected chi connectivity index (χ3v) is 3.21. The normalized spacial score (nSPS) is 10.5. The summed E-state index contributed by atoms with van der Waals surface area (Å²) in [6.07, 6.45) is 2.40. The third-order valence-electron chi connectivity index (χ3n) is 3.21. The minimum Gasteiger partial charge on any atom is -0.494 e. The SMILES string of the molecule is CCCOc1ccc(C(=O)NN=Cc2ccc(OCC(=O)O)cc2)cc1. The topological polar surface area (TPSA) is 97.2 Å². The number of carbonyl (C=O) groups is 2. The van der Waals surface area contributed by atoms with E-state index < -0.39 is 12.6 Å². The molecule has 0 saturated carbocycles. The minimum atomic E-state index is -1.04. The highest BCUT2D eigenvalue weighted by atomic mass is 16.5. The van der Waals surface area contributed by atoms with Gasteiger partial charge >= 0.3 is 5.97 Å². The fraction of sp³-hybridized carbons (Fsp3) is 0.211. The van der Waals surface area contributed by atoms with E-state index in [4.69, 9.17) is 14.6 Å². The number of aliphatic carboxylic acids is 1. The molecule has 0 aliphatic heterocycles. The molecule has 136 valence electrons. The Labute approximate surface area is 151 Å². The molecule has 0 bridgehead atoms. The van der Waals surface area contributed by atoms with E-state index in [-0.39, 0.29) is 5.91 Å². The fourth-order valence-electron chi connectivity index (χ4n) is 1.95. The van der Waals surface area contributed by atoms with Crippen LogP contribution in [0.15, 0.2) is 53.6 Å². The van der Waals surface area contributed by atoms with Gasteiger partial charge in [-0.2, -0.15) is 5.10 Å². The number of hydrazone groups is 1. The number of carboxylic acid groups (broad SMARTS) is 1. The lowest BCUT2D eigenvalue weighted by Gasteiger charge is -2.05. The third kappa shape index (κ3) is 6.27. The predicted molar refractivity (Wildman–Crippen MR) is 96.9 cm³/mol. The Morgan fingerprint density at radius 2 is 1.65 bits per heavy atom.